The van der Waals surface area contributed by atoms with Crippen molar-refractivity contribution in [2.24, 2.45) is 5.73 Å². The lowest BCUT2D eigenvalue weighted by molar-refractivity contribution is -0.138. The smallest absolute Gasteiger partial charge is 0.303 e. The molecule has 0 aliphatic rings. The van der Waals surface area contributed by atoms with Crippen LogP contribution < -0.4 is 16.4 Å². The monoisotopic (exact) mass is 413 g/mol. The molecule has 2 rings (SSSR count). The van der Waals surface area contributed by atoms with Gasteiger partial charge in [0.25, 0.3) is 11.8 Å². The minimum atomic E-state index is -1.76. The lowest BCUT2D eigenvalue weighted by atomic mass is 9.99. The Labute approximate surface area is 172 Å². The average molecular weight is 413 g/mol. The summed E-state index contributed by atoms with van der Waals surface area (Å²) in [6.07, 6.45) is -2.38. The van der Waals surface area contributed by atoms with Crippen molar-refractivity contribution < 1.29 is 29.4 Å². The first-order valence-corrected chi connectivity index (χ1v) is 9.20. The van der Waals surface area contributed by atoms with Crippen LogP contribution in [0.2, 0.25) is 0 Å². The molecule has 2 aromatic rings. The molecule has 9 heteroatoms. The maximum Gasteiger partial charge on any atom is 0.303 e. The molecule has 0 aliphatic carbocycles. The maximum absolute atomic E-state index is 12.6. The zero-order valence-corrected chi connectivity index (χ0v) is 16.0. The molecule has 0 aliphatic heterocycles. The van der Waals surface area contributed by atoms with Gasteiger partial charge >= 0.3 is 5.97 Å². The van der Waals surface area contributed by atoms with E-state index in [9.17, 15) is 24.3 Å². The number of carbonyl (C=O) groups is 4. The number of aliphatic hydroxyl groups is 1. The molecule has 158 valence electrons. The molecule has 2 aromatic carbocycles. The van der Waals surface area contributed by atoms with Gasteiger partial charge in [-0.1, -0.05) is 48.5 Å². The van der Waals surface area contributed by atoms with E-state index in [1.54, 1.807) is 60.7 Å². The molecule has 30 heavy (non-hydrogen) atoms. The third-order valence-corrected chi connectivity index (χ3v) is 4.37. The van der Waals surface area contributed by atoms with Crippen LogP contribution in [-0.4, -0.2) is 46.0 Å². The number of carbonyl (C=O) groups excluding carboxylic acids is 3. The fraction of sp³-hybridized carbons (Fsp3) is 0.238. The fourth-order valence-electron chi connectivity index (χ4n) is 2.78. The summed E-state index contributed by atoms with van der Waals surface area (Å²) >= 11 is 0. The fourth-order valence-corrected chi connectivity index (χ4v) is 2.78. The van der Waals surface area contributed by atoms with E-state index in [1.807, 2.05) is 0 Å². The van der Waals surface area contributed by atoms with Crippen molar-refractivity contribution >= 4 is 23.7 Å². The first-order valence-electron chi connectivity index (χ1n) is 9.20. The van der Waals surface area contributed by atoms with Crippen LogP contribution in [-0.2, 0) is 14.4 Å². The van der Waals surface area contributed by atoms with Crippen LogP contribution in [0.1, 0.15) is 34.8 Å². The Hall–Kier alpha value is -3.72. The number of hydrogen-bond acceptors (Lipinski definition) is 5. The molecule has 0 heterocycles. The summed E-state index contributed by atoms with van der Waals surface area (Å²) in [6, 6.07) is 14.2. The first kappa shape index (κ1) is 22.6. The number of hydrogen-bond donors (Lipinski definition) is 5. The Bertz CT molecular complexity index is 888. The van der Waals surface area contributed by atoms with Gasteiger partial charge in [0.05, 0.1) is 6.04 Å². The number of primary amides is 1. The normalized spacial score (nSPS) is 13.5. The summed E-state index contributed by atoms with van der Waals surface area (Å²) in [5, 5.41) is 24.3. The Kier molecular flexibility index (Phi) is 8.07. The van der Waals surface area contributed by atoms with Gasteiger partial charge in [-0.3, -0.25) is 19.2 Å². The Morgan fingerprint density at radius 3 is 2.00 bits per heavy atom. The van der Waals surface area contributed by atoms with Gasteiger partial charge in [0.1, 0.15) is 6.04 Å². The molecule has 0 unspecified atom stereocenters. The number of benzene rings is 2. The van der Waals surface area contributed by atoms with Crippen LogP contribution in [0.4, 0.5) is 0 Å². The molecular formula is C21H23N3O6. The van der Waals surface area contributed by atoms with Gasteiger partial charge in [0, 0.05) is 12.0 Å². The summed E-state index contributed by atoms with van der Waals surface area (Å²) < 4.78 is 0. The lowest BCUT2D eigenvalue weighted by Gasteiger charge is -2.25. The van der Waals surface area contributed by atoms with E-state index in [2.05, 4.69) is 10.6 Å². The number of amides is 3. The number of aliphatic hydroxyl groups excluding tert-OH is 1. The molecule has 0 aromatic heterocycles. The summed E-state index contributed by atoms with van der Waals surface area (Å²) in [4.78, 5) is 47.4. The first-order chi connectivity index (χ1) is 14.3. The van der Waals surface area contributed by atoms with E-state index in [-0.39, 0.29) is 6.42 Å². The van der Waals surface area contributed by atoms with Crippen molar-refractivity contribution in [1.82, 2.24) is 10.6 Å². The van der Waals surface area contributed by atoms with Gasteiger partial charge in [0.2, 0.25) is 5.91 Å². The van der Waals surface area contributed by atoms with Crippen LogP contribution in [0.3, 0.4) is 0 Å². The standard InChI is InChI=1S/C21H23N3O6/c22-19(28)15(11-12-16(25)26)23-21(30)18(27)17(13-7-3-1-4-8-13)24-20(29)14-9-5-2-6-10-14/h1-10,15,17-18,27H,11-12H2,(H2,22,28)(H,23,30)(H,24,29)(H,25,26)/t15-,17+,18-/m1/s1. The van der Waals surface area contributed by atoms with Gasteiger partial charge in [0.15, 0.2) is 6.10 Å². The van der Waals surface area contributed by atoms with E-state index >= 15 is 0 Å². The Morgan fingerprint density at radius 1 is 0.900 bits per heavy atom. The van der Waals surface area contributed by atoms with Crippen LogP contribution >= 0.6 is 0 Å². The van der Waals surface area contributed by atoms with E-state index in [1.165, 1.54) is 0 Å². The second kappa shape index (κ2) is 10.7. The third-order valence-electron chi connectivity index (χ3n) is 4.37. The van der Waals surface area contributed by atoms with E-state index in [0.717, 1.165) is 0 Å². The van der Waals surface area contributed by atoms with Crippen LogP contribution in [0.15, 0.2) is 60.7 Å². The van der Waals surface area contributed by atoms with Crippen LogP contribution in [0.25, 0.3) is 0 Å². The minimum Gasteiger partial charge on any atom is -0.481 e. The van der Waals surface area contributed by atoms with Gasteiger partial charge in [-0.2, -0.15) is 0 Å². The lowest BCUT2D eigenvalue weighted by Crippen LogP contribution is -2.51. The Balaban J connectivity index is 2.20. The highest BCUT2D eigenvalue weighted by molar-refractivity contribution is 5.95. The van der Waals surface area contributed by atoms with Crippen molar-refractivity contribution in [3.05, 3.63) is 71.8 Å². The highest BCUT2D eigenvalue weighted by Crippen LogP contribution is 2.18. The predicted molar refractivity (Wildman–Crippen MR) is 107 cm³/mol. The van der Waals surface area contributed by atoms with Crippen molar-refractivity contribution in [3.63, 3.8) is 0 Å². The molecule has 0 radical (unpaired) electrons. The molecule has 9 nitrogen and oxygen atoms in total. The molecular weight excluding hydrogens is 390 g/mol. The molecule has 3 amide bonds. The zero-order chi connectivity index (χ0) is 22.1. The van der Waals surface area contributed by atoms with Crippen molar-refractivity contribution in [2.75, 3.05) is 0 Å². The van der Waals surface area contributed by atoms with Crippen molar-refractivity contribution in [3.8, 4) is 0 Å². The SMILES string of the molecule is NC(=O)[C@@H](CCC(=O)O)NC(=O)[C@H](O)[C@@H](NC(=O)c1ccccc1)c1ccccc1. The molecule has 0 fully saturated rings. The number of rotatable bonds is 10. The van der Waals surface area contributed by atoms with E-state index in [0.29, 0.717) is 11.1 Å². The van der Waals surface area contributed by atoms with Gasteiger partial charge in [-0.05, 0) is 24.1 Å². The zero-order valence-electron chi connectivity index (χ0n) is 16.0. The number of nitrogens with one attached hydrogen (secondary N) is 2. The minimum absolute atomic E-state index is 0.227. The number of carboxylic acids is 1. The van der Waals surface area contributed by atoms with Crippen molar-refractivity contribution in [1.29, 1.82) is 0 Å². The second-order valence-electron chi connectivity index (χ2n) is 6.57. The summed E-state index contributed by atoms with van der Waals surface area (Å²) in [5.41, 5.74) is 6.02. The summed E-state index contributed by atoms with van der Waals surface area (Å²) in [7, 11) is 0. The second-order valence-corrected chi connectivity index (χ2v) is 6.57. The van der Waals surface area contributed by atoms with E-state index < -0.39 is 48.3 Å². The largest absolute Gasteiger partial charge is 0.481 e. The third kappa shape index (κ3) is 6.42. The number of aliphatic carboxylic acids is 1. The molecule has 0 bridgehead atoms. The number of carboxylic acid groups (broad SMARTS) is 1. The number of nitrogens with two attached hydrogens (primary N) is 1. The highest BCUT2D eigenvalue weighted by atomic mass is 16.4. The van der Waals surface area contributed by atoms with Gasteiger partial charge < -0.3 is 26.6 Å². The summed E-state index contributed by atoms with van der Waals surface area (Å²) in [5.74, 6) is -3.56. The molecule has 3 atom stereocenters. The average Bonchev–Trinajstić information content (AvgIpc) is 2.75. The van der Waals surface area contributed by atoms with Gasteiger partial charge in [-0.25, -0.2) is 0 Å². The summed E-state index contributed by atoms with van der Waals surface area (Å²) in [6.45, 7) is 0. The maximum atomic E-state index is 12.6. The molecule has 0 spiro atoms. The topological polar surface area (TPSA) is 159 Å². The van der Waals surface area contributed by atoms with Crippen LogP contribution in [0.5, 0.6) is 0 Å². The Morgan fingerprint density at radius 2 is 1.47 bits per heavy atom. The van der Waals surface area contributed by atoms with Crippen LogP contribution in [0, 0.1) is 0 Å². The van der Waals surface area contributed by atoms with Gasteiger partial charge in [-0.15, -0.1) is 0 Å². The highest BCUT2D eigenvalue weighted by Gasteiger charge is 2.31. The van der Waals surface area contributed by atoms with E-state index in [4.69, 9.17) is 10.8 Å². The molecule has 0 saturated carbocycles. The molecule has 6 N–H and O–H groups in total. The van der Waals surface area contributed by atoms with Crippen molar-refractivity contribution in [2.45, 2.75) is 31.0 Å². The quantitative estimate of drug-likeness (QED) is 0.378. The molecule has 0 saturated heterocycles. The predicted octanol–water partition coefficient (Wildman–Crippen LogP) is 0.354.